The van der Waals surface area contributed by atoms with E-state index in [1.165, 1.54) is 23.7 Å². The van der Waals surface area contributed by atoms with Gasteiger partial charge in [0.15, 0.2) is 5.71 Å². The third-order valence-corrected chi connectivity index (χ3v) is 5.06. The van der Waals surface area contributed by atoms with E-state index in [0.29, 0.717) is 17.1 Å². The van der Waals surface area contributed by atoms with Gasteiger partial charge in [-0.25, -0.2) is 4.68 Å². The van der Waals surface area contributed by atoms with Gasteiger partial charge in [-0.3, -0.25) is 14.0 Å². The van der Waals surface area contributed by atoms with Crippen molar-refractivity contribution in [3.8, 4) is 5.69 Å². The van der Waals surface area contributed by atoms with Crippen LogP contribution in [-0.2, 0) is 20.4 Å². The van der Waals surface area contributed by atoms with E-state index in [-0.39, 0.29) is 5.71 Å². The zero-order chi connectivity index (χ0) is 21.6. The largest absolute Gasteiger partial charge is 0.399 e. The fourth-order valence-electron chi connectivity index (χ4n) is 2.40. The monoisotopic (exact) mass is 431 g/mol. The second-order valence-electron chi connectivity index (χ2n) is 5.99. The van der Waals surface area contributed by atoms with Crippen molar-refractivity contribution in [2.24, 2.45) is 5.16 Å². The molecular formula is C17H20F3N5O3S. The summed E-state index contributed by atoms with van der Waals surface area (Å²) in [6.45, 7) is 1.70. The van der Waals surface area contributed by atoms with E-state index in [2.05, 4.69) is 20.1 Å². The summed E-state index contributed by atoms with van der Waals surface area (Å²) in [5.41, 5.74) is 1.41. The summed E-state index contributed by atoms with van der Waals surface area (Å²) in [6, 6.07) is 3.52. The Morgan fingerprint density at radius 2 is 2.14 bits per heavy atom. The van der Waals surface area contributed by atoms with E-state index < -0.39 is 40.8 Å². The number of hydrogen-bond acceptors (Lipinski definition) is 6. The Labute approximate surface area is 167 Å². The quantitative estimate of drug-likeness (QED) is 0.472. The number of aromatic nitrogens is 3. The van der Waals surface area contributed by atoms with Crippen molar-refractivity contribution in [1.29, 1.82) is 0 Å². The van der Waals surface area contributed by atoms with Crippen LogP contribution in [0.15, 0.2) is 35.9 Å². The number of hydrogen-bond donors (Lipinski definition) is 0. The smallest absolute Gasteiger partial charge is 0.390 e. The van der Waals surface area contributed by atoms with Crippen LogP contribution in [0.1, 0.15) is 12.1 Å². The molecule has 0 aromatic carbocycles. The molecule has 1 unspecified atom stereocenters. The van der Waals surface area contributed by atoms with E-state index in [4.69, 9.17) is 0 Å². The average Bonchev–Trinajstić information content (AvgIpc) is 3.07. The van der Waals surface area contributed by atoms with E-state index in [1.54, 1.807) is 37.6 Å². The van der Waals surface area contributed by atoms with Gasteiger partial charge in [-0.2, -0.15) is 18.3 Å². The Kier molecular flexibility index (Phi) is 7.48. The third-order valence-electron chi connectivity index (χ3n) is 3.81. The molecule has 2 rings (SSSR count). The molecule has 0 radical (unpaired) electrons. The number of oxime groups is 1. The molecule has 1 amide bonds. The zero-order valence-corrected chi connectivity index (χ0v) is 16.8. The van der Waals surface area contributed by atoms with Crippen LogP contribution in [0, 0.1) is 6.92 Å². The molecule has 12 heteroatoms. The van der Waals surface area contributed by atoms with Crippen LogP contribution in [0.2, 0.25) is 0 Å². The van der Waals surface area contributed by atoms with Crippen LogP contribution in [0.3, 0.4) is 0 Å². The first kappa shape index (κ1) is 22.5. The van der Waals surface area contributed by atoms with Gasteiger partial charge in [0.2, 0.25) is 0 Å². The molecule has 8 nitrogen and oxygen atoms in total. The molecule has 0 N–H and O–H groups in total. The second kappa shape index (κ2) is 9.63. The maximum atomic E-state index is 12.8. The highest BCUT2D eigenvalue weighted by atomic mass is 32.2. The van der Waals surface area contributed by atoms with Crippen molar-refractivity contribution in [3.05, 3.63) is 36.4 Å². The Balaban J connectivity index is 2.17. The van der Waals surface area contributed by atoms with Gasteiger partial charge < -0.3 is 9.74 Å². The lowest BCUT2D eigenvalue weighted by Crippen LogP contribution is -2.36. The van der Waals surface area contributed by atoms with Crippen LogP contribution in [0.4, 0.5) is 18.9 Å². The highest BCUT2D eigenvalue weighted by Gasteiger charge is 2.29. The number of carbonyl (C=O) groups excluding carboxylic acids is 1. The fourth-order valence-corrected chi connectivity index (χ4v) is 3.48. The maximum Gasteiger partial charge on any atom is 0.390 e. The number of pyridine rings is 1. The Morgan fingerprint density at radius 1 is 1.41 bits per heavy atom. The number of nitrogens with zero attached hydrogens (tertiary/aromatic N) is 5. The van der Waals surface area contributed by atoms with Crippen molar-refractivity contribution in [1.82, 2.24) is 14.8 Å². The van der Waals surface area contributed by atoms with Crippen LogP contribution in [0.5, 0.6) is 0 Å². The minimum atomic E-state index is -4.42. The number of amides is 1. The summed E-state index contributed by atoms with van der Waals surface area (Å²) in [5.74, 6) is -1.73. The van der Waals surface area contributed by atoms with E-state index in [9.17, 15) is 22.2 Å². The number of carbonyl (C=O) groups is 1. The molecule has 29 heavy (non-hydrogen) atoms. The minimum Gasteiger partial charge on any atom is -0.399 e. The minimum absolute atomic E-state index is 0.246. The number of rotatable bonds is 8. The van der Waals surface area contributed by atoms with Gasteiger partial charge in [-0.05, 0) is 19.1 Å². The van der Waals surface area contributed by atoms with Crippen molar-refractivity contribution < 1.29 is 27.0 Å². The lowest BCUT2D eigenvalue weighted by Gasteiger charge is -2.17. The van der Waals surface area contributed by atoms with Gasteiger partial charge in [-0.15, -0.1) is 0 Å². The van der Waals surface area contributed by atoms with Gasteiger partial charge in [0, 0.05) is 29.8 Å². The summed E-state index contributed by atoms with van der Waals surface area (Å²) in [7, 11) is 0.725. The second-order valence-corrected chi connectivity index (χ2v) is 7.57. The van der Waals surface area contributed by atoms with Crippen LogP contribution >= 0.6 is 0 Å². The van der Waals surface area contributed by atoms with Gasteiger partial charge >= 0.3 is 6.18 Å². The third kappa shape index (κ3) is 6.38. The summed E-state index contributed by atoms with van der Waals surface area (Å²) < 4.78 is 50.5. The molecule has 0 spiro atoms. The molecular weight excluding hydrogens is 411 g/mol. The number of halogens is 3. The summed E-state index contributed by atoms with van der Waals surface area (Å²) in [4.78, 5) is 22.6. The highest BCUT2D eigenvalue weighted by molar-refractivity contribution is 7.85. The molecule has 0 bridgehead atoms. The summed E-state index contributed by atoms with van der Waals surface area (Å²) in [6.07, 6.45) is -0.814. The van der Waals surface area contributed by atoms with E-state index >= 15 is 0 Å². The Morgan fingerprint density at radius 3 is 2.72 bits per heavy atom. The first-order valence-corrected chi connectivity index (χ1v) is 9.87. The predicted molar refractivity (Wildman–Crippen MR) is 102 cm³/mol. The van der Waals surface area contributed by atoms with Crippen LogP contribution < -0.4 is 4.90 Å². The molecule has 0 saturated carbocycles. The summed E-state index contributed by atoms with van der Waals surface area (Å²) in [5, 5.41) is 7.90. The average molecular weight is 431 g/mol. The molecule has 158 valence electrons. The topological polar surface area (TPSA) is 89.7 Å². The van der Waals surface area contributed by atoms with Gasteiger partial charge in [0.05, 0.1) is 41.6 Å². The Hall–Kier alpha value is -2.76. The standard InChI is InChI=1S/C17H20F3N5O3S/c1-12-15(10-25(22-12)13-5-4-7-21-9-13)24(2)16(26)14(23-28-3)11-29(27)8-6-17(18,19)20/h4-5,7,9-10H,6,8,11H2,1-3H3. The lowest BCUT2D eigenvalue weighted by atomic mass is 10.3. The molecule has 0 fully saturated rings. The summed E-state index contributed by atoms with van der Waals surface area (Å²) >= 11 is 0. The van der Waals surface area contributed by atoms with Crippen LogP contribution in [-0.4, -0.2) is 62.4 Å². The van der Waals surface area contributed by atoms with Crippen molar-refractivity contribution >= 4 is 28.1 Å². The van der Waals surface area contributed by atoms with Crippen molar-refractivity contribution in [3.63, 3.8) is 0 Å². The van der Waals surface area contributed by atoms with E-state index in [1.807, 2.05) is 0 Å². The molecule has 0 aliphatic rings. The van der Waals surface area contributed by atoms with Crippen molar-refractivity contribution in [2.45, 2.75) is 19.5 Å². The maximum absolute atomic E-state index is 12.8. The normalized spacial score (nSPS) is 13.2. The molecule has 1 atom stereocenters. The predicted octanol–water partition coefficient (Wildman–Crippen LogP) is 2.24. The zero-order valence-electron chi connectivity index (χ0n) is 16.0. The number of anilines is 1. The van der Waals surface area contributed by atoms with Gasteiger partial charge in [-0.1, -0.05) is 5.16 Å². The number of aryl methyl sites for hydroxylation is 1. The highest BCUT2D eigenvalue weighted by Crippen LogP contribution is 2.21. The number of alkyl halides is 3. The van der Waals surface area contributed by atoms with E-state index in [0.717, 1.165) is 0 Å². The molecule has 0 saturated heterocycles. The van der Waals surface area contributed by atoms with Crippen LogP contribution in [0.25, 0.3) is 5.69 Å². The van der Waals surface area contributed by atoms with Gasteiger partial charge in [0.25, 0.3) is 5.91 Å². The van der Waals surface area contributed by atoms with Gasteiger partial charge in [0.1, 0.15) is 7.11 Å². The van der Waals surface area contributed by atoms with Crippen molar-refractivity contribution in [2.75, 3.05) is 30.6 Å². The molecule has 0 aliphatic heterocycles. The molecule has 2 aromatic heterocycles. The fraction of sp³-hybridized carbons (Fsp3) is 0.412. The first-order valence-electron chi connectivity index (χ1n) is 8.39. The lowest BCUT2D eigenvalue weighted by molar-refractivity contribution is -0.129. The SMILES string of the molecule is CON=C(CS(=O)CCC(F)(F)F)C(=O)N(C)c1cn(-c2cccnc2)nc1C. The molecule has 2 aromatic rings. The molecule has 0 aliphatic carbocycles. The first-order chi connectivity index (χ1) is 13.6. The molecule has 2 heterocycles. The Bertz CT molecular complexity index is 899.